The maximum absolute atomic E-state index is 12.2. The Hall–Kier alpha value is -1.91. The van der Waals surface area contributed by atoms with Gasteiger partial charge in [-0.2, -0.15) is 0 Å². The van der Waals surface area contributed by atoms with Gasteiger partial charge in [-0.3, -0.25) is 14.6 Å². The zero-order valence-corrected chi connectivity index (χ0v) is 10.5. The van der Waals surface area contributed by atoms with Crippen molar-refractivity contribution in [2.24, 2.45) is 5.41 Å². The molecule has 18 heavy (non-hydrogen) atoms. The summed E-state index contributed by atoms with van der Waals surface area (Å²) in [5.41, 5.74) is 0.524. The van der Waals surface area contributed by atoms with Crippen molar-refractivity contribution in [2.75, 3.05) is 13.1 Å². The first-order chi connectivity index (χ1) is 8.42. The SMILES string of the molecule is Cc1cc(C(=O)N2CCC(C)(C(=O)O)C2)ccn1. The Balaban J connectivity index is 2.15. The van der Waals surface area contributed by atoms with E-state index in [0.29, 0.717) is 18.5 Å². The van der Waals surface area contributed by atoms with Gasteiger partial charge in [0, 0.05) is 30.5 Å². The van der Waals surface area contributed by atoms with Gasteiger partial charge in [-0.15, -0.1) is 0 Å². The lowest BCUT2D eigenvalue weighted by Gasteiger charge is -2.20. The minimum atomic E-state index is -0.844. The third kappa shape index (κ3) is 2.20. The average molecular weight is 248 g/mol. The molecule has 0 spiro atoms. The van der Waals surface area contributed by atoms with Crippen molar-refractivity contribution >= 4 is 11.9 Å². The number of aromatic nitrogens is 1. The molecule has 1 aliphatic rings. The number of carboxylic acids is 1. The van der Waals surface area contributed by atoms with Crippen LogP contribution in [0.3, 0.4) is 0 Å². The van der Waals surface area contributed by atoms with Gasteiger partial charge in [-0.25, -0.2) is 0 Å². The van der Waals surface area contributed by atoms with Crippen molar-refractivity contribution < 1.29 is 14.7 Å². The van der Waals surface area contributed by atoms with Crippen LogP contribution in [0.5, 0.6) is 0 Å². The number of hydrogen-bond acceptors (Lipinski definition) is 3. The average Bonchev–Trinajstić information content (AvgIpc) is 2.72. The van der Waals surface area contributed by atoms with Crippen LogP contribution in [0.1, 0.15) is 29.4 Å². The second kappa shape index (κ2) is 4.40. The van der Waals surface area contributed by atoms with Crippen LogP contribution < -0.4 is 0 Å². The van der Waals surface area contributed by atoms with Crippen LogP contribution in [0.4, 0.5) is 0 Å². The Labute approximate surface area is 105 Å². The number of hydrogen-bond donors (Lipinski definition) is 1. The highest BCUT2D eigenvalue weighted by Crippen LogP contribution is 2.30. The smallest absolute Gasteiger partial charge is 0.311 e. The Morgan fingerprint density at radius 2 is 2.22 bits per heavy atom. The molecule has 0 bridgehead atoms. The van der Waals surface area contributed by atoms with E-state index in [1.165, 1.54) is 0 Å². The van der Waals surface area contributed by atoms with Gasteiger partial charge in [-0.1, -0.05) is 0 Å². The number of carbonyl (C=O) groups is 2. The van der Waals surface area contributed by atoms with E-state index in [1.807, 2.05) is 6.92 Å². The van der Waals surface area contributed by atoms with Crippen LogP contribution in [0.2, 0.25) is 0 Å². The molecule has 96 valence electrons. The minimum Gasteiger partial charge on any atom is -0.481 e. The summed E-state index contributed by atoms with van der Waals surface area (Å²) in [6, 6.07) is 3.38. The van der Waals surface area contributed by atoms with Crippen molar-refractivity contribution in [1.29, 1.82) is 0 Å². The van der Waals surface area contributed by atoms with Crippen molar-refractivity contribution in [3.8, 4) is 0 Å². The number of rotatable bonds is 2. The Morgan fingerprint density at radius 1 is 1.50 bits per heavy atom. The number of nitrogens with zero attached hydrogens (tertiary/aromatic N) is 2. The van der Waals surface area contributed by atoms with Gasteiger partial charge in [0.1, 0.15) is 0 Å². The molecule has 1 aliphatic heterocycles. The topological polar surface area (TPSA) is 70.5 Å². The van der Waals surface area contributed by atoms with E-state index in [4.69, 9.17) is 5.11 Å². The minimum absolute atomic E-state index is 0.120. The summed E-state index contributed by atoms with van der Waals surface area (Å²) in [5.74, 6) is -0.964. The molecule has 1 amide bonds. The molecular formula is C13H16N2O3. The highest BCUT2D eigenvalue weighted by atomic mass is 16.4. The fourth-order valence-corrected chi connectivity index (χ4v) is 2.17. The first kappa shape index (κ1) is 12.5. The highest BCUT2D eigenvalue weighted by Gasteiger charge is 2.42. The molecule has 2 heterocycles. The van der Waals surface area contributed by atoms with Gasteiger partial charge in [-0.05, 0) is 32.4 Å². The van der Waals surface area contributed by atoms with E-state index in [1.54, 1.807) is 30.2 Å². The van der Waals surface area contributed by atoms with Crippen LogP contribution in [0.15, 0.2) is 18.3 Å². The molecule has 5 nitrogen and oxygen atoms in total. The number of amides is 1. The molecule has 1 N–H and O–H groups in total. The van der Waals surface area contributed by atoms with Crippen LogP contribution in [0, 0.1) is 12.3 Å². The molecule has 1 fully saturated rings. The monoisotopic (exact) mass is 248 g/mol. The summed E-state index contributed by atoms with van der Waals surface area (Å²) in [5, 5.41) is 9.14. The molecule has 1 atom stereocenters. The lowest BCUT2D eigenvalue weighted by molar-refractivity contribution is -0.147. The van der Waals surface area contributed by atoms with Crippen molar-refractivity contribution in [3.63, 3.8) is 0 Å². The highest BCUT2D eigenvalue weighted by molar-refractivity contribution is 5.95. The van der Waals surface area contributed by atoms with E-state index in [2.05, 4.69) is 4.98 Å². The predicted octanol–water partition coefficient (Wildman–Crippen LogP) is 1.33. The summed E-state index contributed by atoms with van der Waals surface area (Å²) in [6.07, 6.45) is 2.09. The zero-order chi connectivity index (χ0) is 13.3. The molecule has 1 aromatic heterocycles. The molecule has 1 saturated heterocycles. The molecule has 1 unspecified atom stereocenters. The van der Waals surface area contributed by atoms with Crippen LogP contribution in [0.25, 0.3) is 0 Å². The number of aryl methyl sites for hydroxylation is 1. The van der Waals surface area contributed by atoms with Crippen LogP contribution in [-0.2, 0) is 4.79 Å². The molecule has 1 aromatic rings. The van der Waals surface area contributed by atoms with Gasteiger partial charge in [0.05, 0.1) is 5.41 Å². The zero-order valence-electron chi connectivity index (χ0n) is 10.5. The summed E-state index contributed by atoms with van der Waals surface area (Å²) in [7, 11) is 0. The second-order valence-electron chi connectivity index (χ2n) is 5.03. The van der Waals surface area contributed by atoms with E-state index in [0.717, 1.165) is 5.69 Å². The normalized spacial score (nSPS) is 23.1. The Kier molecular flexibility index (Phi) is 3.07. The van der Waals surface area contributed by atoms with Crippen molar-refractivity contribution in [3.05, 3.63) is 29.6 Å². The molecule has 2 rings (SSSR count). The Bertz CT molecular complexity index is 501. The van der Waals surface area contributed by atoms with Gasteiger partial charge in [0.2, 0.25) is 0 Å². The summed E-state index contributed by atoms with van der Waals surface area (Å²) < 4.78 is 0. The third-order valence-electron chi connectivity index (χ3n) is 3.42. The third-order valence-corrected chi connectivity index (χ3v) is 3.42. The van der Waals surface area contributed by atoms with Gasteiger partial charge in [0.25, 0.3) is 5.91 Å². The van der Waals surface area contributed by atoms with Crippen LogP contribution in [-0.4, -0.2) is 40.0 Å². The summed E-state index contributed by atoms with van der Waals surface area (Å²) in [6.45, 7) is 4.26. The first-order valence-electron chi connectivity index (χ1n) is 5.88. The predicted molar refractivity (Wildman–Crippen MR) is 65.2 cm³/mol. The molecule has 0 saturated carbocycles. The van der Waals surface area contributed by atoms with Gasteiger partial charge in [0.15, 0.2) is 0 Å². The molecule has 0 aromatic carbocycles. The number of pyridine rings is 1. The number of aliphatic carboxylic acids is 1. The molecular weight excluding hydrogens is 232 g/mol. The van der Waals surface area contributed by atoms with E-state index >= 15 is 0 Å². The van der Waals surface area contributed by atoms with Crippen LogP contribution >= 0.6 is 0 Å². The van der Waals surface area contributed by atoms with E-state index < -0.39 is 11.4 Å². The first-order valence-corrected chi connectivity index (χ1v) is 5.88. The fraction of sp³-hybridized carbons (Fsp3) is 0.462. The van der Waals surface area contributed by atoms with Crippen molar-refractivity contribution in [1.82, 2.24) is 9.88 Å². The standard InChI is InChI=1S/C13H16N2O3/c1-9-7-10(3-5-14-9)11(16)15-6-4-13(2,8-15)12(17)18/h3,5,7H,4,6,8H2,1-2H3,(H,17,18). The lowest BCUT2D eigenvalue weighted by atomic mass is 9.90. The fourth-order valence-electron chi connectivity index (χ4n) is 2.17. The number of carbonyl (C=O) groups excluding carboxylic acids is 1. The molecule has 5 heteroatoms. The quantitative estimate of drug-likeness (QED) is 0.857. The van der Waals surface area contributed by atoms with E-state index in [9.17, 15) is 9.59 Å². The number of carboxylic acid groups (broad SMARTS) is 1. The van der Waals surface area contributed by atoms with Crippen molar-refractivity contribution in [2.45, 2.75) is 20.3 Å². The Morgan fingerprint density at radius 3 is 2.78 bits per heavy atom. The molecule has 0 aliphatic carbocycles. The van der Waals surface area contributed by atoms with Gasteiger partial charge >= 0.3 is 5.97 Å². The van der Waals surface area contributed by atoms with Gasteiger partial charge < -0.3 is 10.0 Å². The molecule has 0 radical (unpaired) electrons. The summed E-state index contributed by atoms with van der Waals surface area (Å²) >= 11 is 0. The number of likely N-dealkylation sites (tertiary alicyclic amines) is 1. The lowest BCUT2D eigenvalue weighted by Crippen LogP contribution is -2.34. The van der Waals surface area contributed by atoms with E-state index in [-0.39, 0.29) is 12.5 Å². The largest absolute Gasteiger partial charge is 0.481 e. The maximum Gasteiger partial charge on any atom is 0.311 e. The second-order valence-corrected chi connectivity index (χ2v) is 5.03. The maximum atomic E-state index is 12.2. The summed E-state index contributed by atoms with van der Waals surface area (Å²) in [4.78, 5) is 29.0.